The Bertz CT molecular complexity index is 1060. The Morgan fingerprint density at radius 2 is 1.82 bits per heavy atom. The number of hydrogen-bond acceptors (Lipinski definition) is 2. The molecule has 0 aliphatic rings. The van der Waals surface area contributed by atoms with Crippen molar-refractivity contribution in [1.29, 1.82) is 5.26 Å². The number of halogens is 1. The molecule has 5 heteroatoms. The standard InChI is InChI=1S/C23H20ClN3O/c1-16-12-19(17(2)27(16)22-10-8-21(24)9-11-22)13-20(14-25)23(28)26-15-18-6-4-3-5-7-18/h3-13H,15H2,1-2H3,(H,26,28)/b20-13-. The fourth-order valence-electron chi connectivity index (χ4n) is 3.10. The minimum Gasteiger partial charge on any atom is -0.347 e. The van der Waals surface area contributed by atoms with Gasteiger partial charge in [0.2, 0.25) is 0 Å². The van der Waals surface area contributed by atoms with Crippen LogP contribution in [0, 0.1) is 25.2 Å². The van der Waals surface area contributed by atoms with Gasteiger partial charge in [-0.15, -0.1) is 0 Å². The molecule has 0 unspecified atom stereocenters. The Kier molecular flexibility index (Phi) is 5.98. The van der Waals surface area contributed by atoms with Gasteiger partial charge in [-0.1, -0.05) is 41.9 Å². The van der Waals surface area contributed by atoms with Crippen LogP contribution in [0.2, 0.25) is 5.02 Å². The van der Waals surface area contributed by atoms with Crippen molar-refractivity contribution in [3.63, 3.8) is 0 Å². The molecule has 0 aliphatic heterocycles. The number of nitrogens with zero attached hydrogens (tertiary/aromatic N) is 2. The number of rotatable bonds is 5. The Labute approximate surface area is 169 Å². The molecule has 1 N–H and O–H groups in total. The quantitative estimate of drug-likeness (QED) is 0.494. The summed E-state index contributed by atoms with van der Waals surface area (Å²) in [7, 11) is 0. The zero-order valence-electron chi connectivity index (χ0n) is 15.7. The number of aryl methyl sites for hydroxylation is 1. The predicted octanol–water partition coefficient (Wildman–Crippen LogP) is 4.97. The summed E-state index contributed by atoms with van der Waals surface area (Å²) in [5.41, 5.74) is 4.82. The Balaban J connectivity index is 1.84. The maximum atomic E-state index is 12.4. The number of carbonyl (C=O) groups is 1. The molecule has 0 bridgehead atoms. The third kappa shape index (κ3) is 4.33. The van der Waals surface area contributed by atoms with Crippen molar-refractivity contribution in [2.45, 2.75) is 20.4 Å². The summed E-state index contributed by atoms with van der Waals surface area (Å²) < 4.78 is 2.07. The van der Waals surface area contributed by atoms with Crippen LogP contribution in [0.25, 0.3) is 11.8 Å². The van der Waals surface area contributed by atoms with Gasteiger partial charge in [-0.05, 0) is 61.4 Å². The van der Waals surface area contributed by atoms with Crippen molar-refractivity contribution in [1.82, 2.24) is 9.88 Å². The molecule has 1 heterocycles. The molecule has 0 radical (unpaired) electrons. The molecule has 4 nitrogen and oxygen atoms in total. The summed E-state index contributed by atoms with van der Waals surface area (Å²) in [4.78, 5) is 12.4. The van der Waals surface area contributed by atoms with Crippen molar-refractivity contribution in [3.05, 3.63) is 93.8 Å². The van der Waals surface area contributed by atoms with E-state index in [2.05, 4.69) is 9.88 Å². The molecule has 0 fully saturated rings. The van der Waals surface area contributed by atoms with Crippen molar-refractivity contribution < 1.29 is 4.79 Å². The van der Waals surface area contributed by atoms with Gasteiger partial charge in [0.1, 0.15) is 11.6 Å². The van der Waals surface area contributed by atoms with Crippen molar-refractivity contribution in [2.75, 3.05) is 0 Å². The number of hydrogen-bond donors (Lipinski definition) is 1. The first-order valence-electron chi connectivity index (χ1n) is 8.88. The molecular formula is C23H20ClN3O. The van der Waals surface area contributed by atoms with Crippen LogP contribution in [0.4, 0.5) is 0 Å². The van der Waals surface area contributed by atoms with Crippen LogP contribution < -0.4 is 5.32 Å². The molecule has 0 saturated carbocycles. The fraction of sp³-hybridized carbons (Fsp3) is 0.130. The molecule has 2 aromatic carbocycles. The zero-order valence-corrected chi connectivity index (χ0v) is 16.5. The first kappa shape index (κ1) is 19.5. The molecular weight excluding hydrogens is 370 g/mol. The first-order chi connectivity index (χ1) is 13.5. The molecule has 0 atom stereocenters. The minimum absolute atomic E-state index is 0.0762. The van der Waals surface area contributed by atoms with Crippen LogP contribution in [-0.4, -0.2) is 10.5 Å². The van der Waals surface area contributed by atoms with Crippen molar-refractivity contribution >= 4 is 23.6 Å². The highest BCUT2D eigenvalue weighted by molar-refractivity contribution is 6.30. The number of carbonyl (C=O) groups excluding carboxylic acids is 1. The Hall–Kier alpha value is -3.29. The highest BCUT2D eigenvalue weighted by Gasteiger charge is 2.13. The van der Waals surface area contributed by atoms with E-state index in [4.69, 9.17) is 11.6 Å². The van der Waals surface area contributed by atoms with E-state index in [0.29, 0.717) is 11.6 Å². The number of benzene rings is 2. The van der Waals surface area contributed by atoms with Gasteiger partial charge in [0.15, 0.2) is 0 Å². The van der Waals surface area contributed by atoms with Crippen LogP contribution in [0.1, 0.15) is 22.5 Å². The van der Waals surface area contributed by atoms with Crippen molar-refractivity contribution in [3.8, 4) is 11.8 Å². The third-order valence-corrected chi connectivity index (χ3v) is 4.77. The van der Waals surface area contributed by atoms with Crippen LogP contribution >= 0.6 is 11.6 Å². The average molecular weight is 390 g/mol. The summed E-state index contributed by atoms with van der Waals surface area (Å²) in [6, 6.07) is 21.1. The summed E-state index contributed by atoms with van der Waals surface area (Å²) in [5, 5.41) is 12.9. The van der Waals surface area contributed by atoms with Crippen LogP contribution in [0.15, 0.2) is 66.2 Å². The van der Waals surface area contributed by atoms with E-state index in [-0.39, 0.29) is 11.5 Å². The molecule has 1 amide bonds. The highest BCUT2D eigenvalue weighted by atomic mass is 35.5. The fourth-order valence-corrected chi connectivity index (χ4v) is 3.22. The lowest BCUT2D eigenvalue weighted by Crippen LogP contribution is -2.23. The van der Waals surface area contributed by atoms with Crippen molar-refractivity contribution in [2.24, 2.45) is 0 Å². The molecule has 28 heavy (non-hydrogen) atoms. The second-order valence-electron chi connectivity index (χ2n) is 6.48. The largest absolute Gasteiger partial charge is 0.347 e. The van der Waals surface area contributed by atoms with E-state index in [1.54, 1.807) is 6.08 Å². The number of aromatic nitrogens is 1. The van der Waals surface area contributed by atoms with Gasteiger partial charge in [-0.3, -0.25) is 4.79 Å². The maximum absolute atomic E-state index is 12.4. The second-order valence-corrected chi connectivity index (χ2v) is 6.91. The molecule has 140 valence electrons. The summed E-state index contributed by atoms with van der Waals surface area (Å²) in [5.74, 6) is -0.386. The minimum atomic E-state index is -0.386. The van der Waals surface area contributed by atoms with Gasteiger partial charge >= 0.3 is 0 Å². The lowest BCUT2D eigenvalue weighted by atomic mass is 10.1. The summed E-state index contributed by atoms with van der Waals surface area (Å²) >= 11 is 5.98. The Morgan fingerprint density at radius 1 is 1.14 bits per heavy atom. The van der Waals surface area contributed by atoms with E-state index in [1.165, 1.54) is 0 Å². The topological polar surface area (TPSA) is 57.8 Å². The lowest BCUT2D eigenvalue weighted by Gasteiger charge is -2.09. The number of nitrogens with one attached hydrogen (secondary N) is 1. The Morgan fingerprint density at radius 3 is 2.46 bits per heavy atom. The molecule has 1 aromatic heterocycles. The summed E-state index contributed by atoms with van der Waals surface area (Å²) in [6.07, 6.45) is 1.63. The lowest BCUT2D eigenvalue weighted by molar-refractivity contribution is -0.117. The first-order valence-corrected chi connectivity index (χ1v) is 9.26. The van der Waals surface area contributed by atoms with E-state index >= 15 is 0 Å². The van der Waals surface area contributed by atoms with Crippen LogP contribution in [0.5, 0.6) is 0 Å². The van der Waals surface area contributed by atoms with Gasteiger partial charge in [0.05, 0.1) is 0 Å². The van der Waals surface area contributed by atoms with Gasteiger partial charge in [0, 0.05) is 28.6 Å². The van der Waals surface area contributed by atoms with Gasteiger partial charge in [-0.25, -0.2) is 0 Å². The molecule has 0 aliphatic carbocycles. The van der Waals surface area contributed by atoms with Crippen LogP contribution in [-0.2, 0) is 11.3 Å². The van der Waals surface area contributed by atoms with Crippen LogP contribution in [0.3, 0.4) is 0 Å². The average Bonchev–Trinajstić information content (AvgIpc) is 2.99. The van der Waals surface area contributed by atoms with E-state index in [0.717, 1.165) is 28.2 Å². The molecule has 0 spiro atoms. The summed E-state index contributed by atoms with van der Waals surface area (Å²) in [6.45, 7) is 4.33. The molecule has 3 aromatic rings. The monoisotopic (exact) mass is 389 g/mol. The number of amides is 1. The van der Waals surface area contributed by atoms with Gasteiger partial charge in [0.25, 0.3) is 5.91 Å². The third-order valence-electron chi connectivity index (χ3n) is 4.52. The van der Waals surface area contributed by atoms with Gasteiger partial charge < -0.3 is 9.88 Å². The van der Waals surface area contributed by atoms with E-state index in [1.807, 2.05) is 80.6 Å². The van der Waals surface area contributed by atoms with Gasteiger partial charge in [-0.2, -0.15) is 5.26 Å². The number of nitriles is 1. The molecule has 0 saturated heterocycles. The second kappa shape index (κ2) is 8.60. The zero-order chi connectivity index (χ0) is 20.1. The predicted molar refractivity (Wildman–Crippen MR) is 112 cm³/mol. The molecule has 3 rings (SSSR count). The smallest absolute Gasteiger partial charge is 0.262 e. The highest BCUT2D eigenvalue weighted by Crippen LogP contribution is 2.24. The van der Waals surface area contributed by atoms with E-state index in [9.17, 15) is 10.1 Å². The maximum Gasteiger partial charge on any atom is 0.262 e. The van der Waals surface area contributed by atoms with E-state index < -0.39 is 0 Å². The SMILES string of the molecule is Cc1cc(/C=C(/C#N)C(=O)NCc2ccccc2)c(C)n1-c1ccc(Cl)cc1. The normalized spacial score (nSPS) is 11.1.